The number of halogens is 1. The molecule has 0 bridgehead atoms. The summed E-state index contributed by atoms with van der Waals surface area (Å²) in [6.45, 7) is 0. The van der Waals surface area contributed by atoms with Gasteiger partial charge in [0.2, 0.25) is 0 Å². The highest BCUT2D eigenvalue weighted by molar-refractivity contribution is 6.30. The number of hydrogen-bond donors (Lipinski definition) is 1. The van der Waals surface area contributed by atoms with Crippen LogP contribution in [0.4, 0.5) is 0 Å². The average Bonchev–Trinajstić information content (AvgIpc) is 2.39. The van der Waals surface area contributed by atoms with Crippen LogP contribution < -0.4 is 0 Å². The van der Waals surface area contributed by atoms with Gasteiger partial charge in [-0.3, -0.25) is 4.79 Å². The summed E-state index contributed by atoms with van der Waals surface area (Å²) in [6, 6.07) is 16.0. The van der Waals surface area contributed by atoms with Gasteiger partial charge in [0.25, 0.3) is 0 Å². The van der Waals surface area contributed by atoms with Crippen LogP contribution >= 0.6 is 11.6 Å². The van der Waals surface area contributed by atoms with Crippen molar-refractivity contribution in [1.82, 2.24) is 0 Å². The summed E-state index contributed by atoms with van der Waals surface area (Å²) in [4.78, 5) is 11.9. The molecule has 92 valence electrons. The molecule has 2 rings (SSSR count). The van der Waals surface area contributed by atoms with Gasteiger partial charge >= 0.3 is 0 Å². The Morgan fingerprint density at radius 3 is 2.50 bits per heavy atom. The fraction of sp³-hybridized carbons (Fsp3) is 0.133. The molecule has 0 fully saturated rings. The third-order valence-electron chi connectivity index (χ3n) is 2.69. The number of hydrogen-bond acceptors (Lipinski definition) is 2. The first-order chi connectivity index (χ1) is 8.66. The number of carbonyl (C=O) groups is 1. The summed E-state index contributed by atoms with van der Waals surface area (Å²) in [6.07, 6.45) is -0.901. The van der Waals surface area contributed by atoms with Gasteiger partial charge in [0.1, 0.15) is 6.10 Å². The molecule has 0 aromatic heterocycles. The highest BCUT2D eigenvalue weighted by atomic mass is 35.5. The van der Waals surface area contributed by atoms with Crippen molar-refractivity contribution in [2.24, 2.45) is 0 Å². The van der Waals surface area contributed by atoms with Crippen molar-refractivity contribution in [2.75, 3.05) is 0 Å². The number of benzene rings is 2. The monoisotopic (exact) mass is 260 g/mol. The summed E-state index contributed by atoms with van der Waals surface area (Å²) in [7, 11) is 0. The number of rotatable bonds is 4. The van der Waals surface area contributed by atoms with Crippen molar-refractivity contribution in [3.05, 3.63) is 70.7 Å². The molecule has 0 heterocycles. The van der Waals surface area contributed by atoms with Crippen molar-refractivity contribution in [1.29, 1.82) is 0 Å². The molecule has 0 aliphatic carbocycles. The van der Waals surface area contributed by atoms with Gasteiger partial charge in [-0.2, -0.15) is 0 Å². The van der Waals surface area contributed by atoms with Gasteiger partial charge in [-0.1, -0.05) is 54.1 Å². The lowest BCUT2D eigenvalue weighted by Crippen LogP contribution is -2.14. The molecule has 2 nitrogen and oxygen atoms in total. The second-order valence-electron chi connectivity index (χ2n) is 4.09. The largest absolute Gasteiger partial charge is 0.381 e. The zero-order valence-electron chi connectivity index (χ0n) is 9.71. The number of aliphatic hydroxyl groups is 1. The summed E-state index contributed by atoms with van der Waals surface area (Å²) < 4.78 is 0. The predicted molar refractivity (Wildman–Crippen MR) is 71.6 cm³/mol. The zero-order valence-corrected chi connectivity index (χ0v) is 10.5. The molecule has 0 aliphatic heterocycles. The van der Waals surface area contributed by atoms with Crippen LogP contribution in [0.3, 0.4) is 0 Å². The van der Waals surface area contributed by atoms with Crippen LogP contribution in [0.1, 0.15) is 17.2 Å². The number of aliphatic hydroxyl groups excluding tert-OH is 1. The zero-order chi connectivity index (χ0) is 13.0. The lowest BCUT2D eigenvalue weighted by Gasteiger charge is -2.09. The molecule has 0 spiro atoms. The molecular weight excluding hydrogens is 248 g/mol. The lowest BCUT2D eigenvalue weighted by atomic mass is 10.0. The van der Waals surface area contributed by atoms with E-state index in [1.54, 1.807) is 42.5 Å². The Morgan fingerprint density at radius 2 is 1.83 bits per heavy atom. The molecule has 0 radical (unpaired) electrons. The van der Waals surface area contributed by atoms with Crippen LogP contribution in [0.2, 0.25) is 5.02 Å². The maximum atomic E-state index is 11.9. The highest BCUT2D eigenvalue weighted by Crippen LogP contribution is 2.17. The highest BCUT2D eigenvalue weighted by Gasteiger charge is 2.17. The Hall–Kier alpha value is -1.64. The predicted octanol–water partition coefficient (Wildman–Crippen LogP) is 3.19. The molecule has 18 heavy (non-hydrogen) atoms. The van der Waals surface area contributed by atoms with Crippen LogP contribution in [0.15, 0.2) is 54.6 Å². The minimum Gasteiger partial charge on any atom is -0.381 e. The van der Waals surface area contributed by atoms with Crippen LogP contribution in [0.5, 0.6) is 0 Å². The average molecular weight is 261 g/mol. The Bertz CT molecular complexity index is 537. The van der Waals surface area contributed by atoms with E-state index in [0.29, 0.717) is 10.6 Å². The summed E-state index contributed by atoms with van der Waals surface area (Å²) in [5.41, 5.74) is 1.42. The molecule has 1 N–H and O–H groups in total. The van der Waals surface area contributed by atoms with E-state index in [-0.39, 0.29) is 12.2 Å². The van der Waals surface area contributed by atoms with Crippen molar-refractivity contribution < 1.29 is 9.90 Å². The Balaban J connectivity index is 2.09. The number of ketones is 1. The van der Waals surface area contributed by atoms with E-state index < -0.39 is 6.10 Å². The minimum atomic E-state index is -1.08. The molecule has 2 aromatic rings. The van der Waals surface area contributed by atoms with E-state index in [1.807, 2.05) is 12.1 Å². The summed E-state index contributed by atoms with van der Waals surface area (Å²) in [5.74, 6) is -0.233. The van der Waals surface area contributed by atoms with E-state index in [4.69, 9.17) is 11.6 Å². The smallest absolute Gasteiger partial charge is 0.170 e. The van der Waals surface area contributed by atoms with E-state index in [0.717, 1.165) is 5.56 Å². The normalized spacial score (nSPS) is 12.1. The second-order valence-corrected chi connectivity index (χ2v) is 4.52. The van der Waals surface area contributed by atoms with Crippen molar-refractivity contribution in [3.8, 4) is 0 Å². The van der Waals surface area contributed by atoms with Gasteiger partial charge in [0.05, 0.1) is 0 Å². The van der Waals surface area contributed by atoms with Crippen LogP contribution in [0.25, 0.3) is 0 Å². The van der Waals surface area contributed by atoms with Crippen molar-refractivity contribution in [2.45, 2.75) is 12.5 Å². The standard InChI is InChI=1S/C15H13ClO2/c16-13-8-4-5-11(9-13)10-14(17)15(18)12-6-2-1-3-7-12/h1-9,15,18H,10H2. The van der Waals surface area contributed by atoms with Gasteiger partial charge in [0.15, 0.2) is 5.78 Å². The molecule has 0 saturated heterocycles. The van der Waals surface area contributed by atoms with Gasteiger partial charge in [-0.25, -0.2) is 0 Å². The SMILES string of the molecule is O=C(Cc1cccc(Cl)c1)C(O)c1ccccc1. The first-order valence-electron chi connectivity index (χ1n) is 5.67. The quantitative estimate of drug-likeness (QED) is 0.917. The van der Waals surface area contributed by atoms with Gasteiger partial charge < -0.3 is 5.11 Å². The van der Waals surface area contributed by atoms with E-state index in [1.165, 1.54) is 0 Å². The van der Waals surface area contributed by atoms with E-state index in [9.17, 15) is 9.90 Å². The minimum absolute atomic E-state index is 0.177. The first-order valence-corrected chi connectivity index (χ1v) is 6.05. The maximum Gasteiger partial charge on any atom is 0.170 e. The molecule has 1 atom stereocenters. The van der Waals surface area contributed by atoms with Crippen LogP contribution in [-0.4, -0.2) is 10.9 Å². The van der Waals surface area contributed by atoms with Crippen molar-refractivity contribution >= 4 is 17.4 Å². The van der Waals surface area contributed by atoms with E-state index in [2.05, 4.69) is 0 Å². The van der Waals surface area contributed by atoms with Gasteiger partial charge in [-0.15, -0.1) is 0 Å². The van der Waals surface area contributed by atoms with Crippen molar-refractivity contribution in [3.63, 3.8) is 0 Å². The molecular formula is C15H13ClO2. The van der Waals surface area contributed by atoms with Gasteiger partial charge in [-0.05, 0) is 23.3 Å². The third-order valence-corrected chi connectivity index (χ3v) is 2.92. The number of Topliss-reactive ketones (excluding diaryl/α,β-unsaturated/α-hetero) is 1. The van der Waals surface area contributed by atoms with Gasteiger partial charge in [0, 0.05) is 11.4 Å². The lowest BCUT2D eigenvalue weighted by molar-refractivity contribution is -0.126. The van der Waals surface area contributed by atoms with Crippen LogP contribution in [-0.2, 0) is 11.2 Å². The molecule has 0 amide bonds. The molecule has 1 unspecified atom stereocenters. The summed E-state index contributed by atoms with van der Waals surface area (Å²) in [5, 5.41) is 10.5. The Kier molecular flexibility index (Phi) is 4.13. The molecule has 0 saturated carbocycles. The fourth-order valence-corrected chi connectivity index (χ4v) is 1.98. The first kappa shape index (κ1) is 12.8. The molecule has 2 aromatic carbocycles. The van der Waals surface area contributed by atoms with E-state index >= 15 is 0 Å². The third kappa shape index (κ3) is 3.19. The maximum absolute atomic E-state index is 11.9. The molecule has 3 heteroatoms. The van der Waals surface area contributed by atoms with Crippen LogP contribution in [0, 0.1) is 0 Å². The summed E-state index contributed by atoms with van der Waals surface area (Å²) >= 11 is 5.85. The molecule has 0 aliphatic rings. The topological polar surface area (TPSA) is 37.3 Å². The Labute approximate surface area is 111 Å². The Morgan fingerprint density at radius 1 is 1.11 bits per heavy atom. The number of carbonyl (C=O) groups excluding carboxylic acids is 1. The fourth-order valence-electron chi connectivity index (χ4n) is 1.77. The second kappa shape index (κ2) is 5.80.